The zero-order valence-electron chi connectivity index (χ0n) is 17.6. The highest BCUT2D eigenvalue weighted by molar-refractivity contribution is 5.93. The van der Waals surface area contributed by atoms with Crippen LogP contribution in [-0.4, -0.2) is 40.8 Å². The van der Waals surface area contributed by atoms with Crippen molar-refractivity contribution in [3.8, 4) is 5.88 Å². The van der Waals surface area contributed by atoms with Gasteiger partial charge in [-0.2, -0.15) is 0 Å². The van der Waals surface area contributed by atoms with Crippen LogP contribution < -0.4 is 10.1 Å². The first kappa shape index (κ1) is 20.9. The molecule has 0 bridgehead atoms. The first-order chi connectivity index (χ1) is 13.8. The number of ether oxygens (including phenoxy) is 2. The van der Waals surface area contributed by atoms with E-state index in [0.29, 0.717) is 37.7 Å². The average molecular weight is 396 g/mol. The summed E-state index contributed by atoms with van der Waals surface area (Å²) in [6, 6.07) is 13.8. The lowest BCUT2D eigenvalue weighted by Crippen LogP contribution is -2.27. The molecule has 0 fully saturated rings. The summed E-state index contributed by atoms with van der Waals surface area (Å²) in [5.74, 6) is 0.336. The zero-order valence-corrected chi connectivity index (χ0v) is 17.6. The SMILES string of the molecule is Cc1cc2ccccc2n1CCNC(=O)c1ccc(OCCOC(C)(C)C)nc1. The normalized spacial score (nSPS) is 11.6. The Labute approximate surface area is 171 Å². The molecule has 0 spiro atoms. The van der Waals surface area contributed by atoms with Crippen molar-refractivity contribution in [1.82, 2.24) is 14.9 Å². The van der Waals surface area contributed by atoms with E-state index in [-0.39, 0.29) is 11.5 Å². The molecule has 0 radical (unpaired) electrons. The van der Waals surface area contributed by atoms with Gasteiger partial charge in [-0.1, -0.05) is 18.2 Å². The number of aromatic nitrogens is 2. The van der Waals surface area contributed by atoms with Crippen molar-refractivity contribution in [3.05, 3.63) is 59.9 Å². The van der Waals surface area contributed by atoms with E-state index in [1.165, 1.54) is 22.8 Å². The summed E-state index contributed by atoms with van der Waals surface area (Å²) in [6.07, 6.45) is 1.53. The van der Waals surface area contributed by atoms with Crippen molar-refractivity contribution in [3.63, 3.8) is 0 Å². The van der Waals surface area contributed by atoms with Gasteiger partial charge in [-0.05, 0) is 51.3 Å². The molecule has 1 amide bonds. The lowest BCUT2D eigenvalue weighted by Gasteiger charge is -2.19. The topological polar surface area (TPSA) is 65.4 Å². The Balaban J connectivity index is 1.47. The number of nitrogens with zero attached hydrogens (tertiary/aromatic N) is 2. The number of benzene rings is 1. The molecule has 1 N–H and O–H groups in total. The third kappa shape index (κ3) is 5.81. The Morgan fingerprint density at radius 3 is 2.66 bits per heavy atom. The summed E-state index contributed by atoms with van der Waals surface area (Å²) in [6.45, 7) is 10.2. The van der Waals surface area contributed by atoms with Crippen LogP contribution in [0.4, 0.5) is 0 Å². The van der Waals surface area contributed by atoms with Gasteiger partial charge in [0.1, 0.15) is 6.61 Å². The van der Waals surface area contributed by atoms with E-state index in [0.717, 1.165) is 0 Å². The molecule has 0 atom stereocenters. The van der Waals surface area contributed by atoms with Crippen LogP contribution in [0.1, 0.15) is 36.8 Å². The number of pyridine rings is 1. The molecule has 6 heteroatoms. The largest absolute Gasteiger partial charge is 0.475 e. The van der Waals surface area contributed by atoms with Gasteiger partial charge < -0.3 is 19.4 Å². The van der Waals surface area contributed by atoms with E-state index in [4.69, 9.17) is 9.47 Å². The quantitative estimate of drug-likeness (QED) is 0.586. The maximum absolute atomic E-state index is 12.4. The maximum atomic E-state index is 12.4. The van der Waals surface area contributed by atoms with Crippen LogP contribution in [0.5, 0.6) is 5.88 Å². The number of hydrogen-bond donors (Lipinski definition) is 1. The Morgan fingerprint density at radius 2 is 1.93 bits per heavy atom. The highest BCUT2D eigenvalue weighted by Gasteiger charge is 2.10. The predicted octanol–water partition coefficient (Wildman–Crippen LogP) is 3.97. The first-order valence-corrected chi connectivity index (χ1v) is 9.89. The van der Waals surface area contributed by atoms with Crippen molar-refractivity contribution in [2.24, 2.45) is 0 Å². The van der Waals surface area contributed by atoms with Crippen molar-refractivity contribution in [2.45, 2.75) is 39.8 Å². The summed E-state index contributed by atoms with van der Waals surface area (Å²) in [7, 11) is 0. The van der Waals surface area contributed by atoms with Crippen molar-refractivity contribution in [2.75, 3.05) is 19.8 Å². The molecule has 2 heterocycles. The fourth-order valence-corrected chi connectivity index (χ4v) is 3.12. The van der Waals surface area contributed by atoms with Crippen LogP contribution in [0.15, 0.2) is 48.7 Å². The van der Waals surface area contributed by atoms with Gasteiger partial charge in [0.05, 0.1) is 17.8 Å². The molecule has 0 aliphatic rings. The summed E-state index contributed by atoms with van der Waals surface area (Å²) in [5, 5.41) is 4.17. The highest BCUT2D eigenvalue weighted by Crippen LogP contribution is 2.18. The third-order valence-corrected chi connectivity index (χ3v) is 4.51. The van der Waals surface area contributed by atoms with Crippen LogP contribution in [0.25, 0.3) is 10.9 Å². The summed E-state index contributed by atoms with van der Waals surface area (Å²) < 4.78 is 13.4. The average Bonchev–Trinajstić information content (AvgIpc) is 3.00. The van der Waals surface area contributed by atoms with Gasteiger partial charge in [0.2, 0.25) is 5.88 Å². The summed E-state index contributed by atoms with van der Waals surface area (Å²) in [5.41, 5.74) is 2.68. The summed E-state index contributed by atoms with van der Waals surface area (Å²) >= 11 is 0. The van der Waals surface area contributed by atoms with Gasteiger partial charge in [-0.3, -0.25) is 4.79 Å². The zero-order chi connectivity index (χ0) is 20.9. The minimum Gasteiger partial charge on any atom is -0.475 e. The number of amides is 1. The lowest BCUT2D eigenvalue weighted by molar-refractivity contribution is -0.0168. The van der Waals surface area contributed by atoms with E-state index in [1.54, 1.807) is 12.1 Å². The summed E-state index contributed by atoms with van der Waals surface area (Å²) in [4.78, 5) is 16.6. The number of nitrogens with one attached hydrogen (secondary N) is 1. The standard InChI is InChI=1S/C23H29N3O3/c1-17-15-18-7-5-6-8-20(18)26(17)12-11-24-22(27)19-9-10-21(25-16-19)28-13-14-29-23(2,3)4/h5-10,15-16H,11-14H2,1-4H3,(H,24,27). The maximum Gasteiger partial charge on any atom is 0.252 e. The Kier molecular flexibility index (Phi) is 6.54. The number of para-hydroxylation sites is 1. The van der Waals surface area contributed by atoms with Gasteiger partial charge in [-0.15, -0.1) is 0 Å². The van der Waals surface area contributed by atoms with Gasteiger partial charge >= 0.3 is 0 Å². The fraction of sp³-hybridized carbons (Fsp3) is 0.391. The predicted molar refractivity (Wildman–Crippen MR) is 114 cm³/mol. The number of carbonyl (C=O) groups excluding carboxylic acids is 1. The van der Waals surface area contributed by atoms with Gasteiger partial charge in [-0.25, -0.2) is 4.98 Å². The number of rotatable bonds is 8. The Hall–Kier alpha value is -2.86. The number of fused-ring (bicyclic) bond motifs is 1. The van der Waals surface area contributed by atoms with Gasteiger partial charge in [0.15, 0.2) is 0 Å². The Bertz CT molecular complexity index is 956. The smallest absolute Gasteiger partial charge is 0.252 e. The van der Waals surface area contributed by atoms with E-state index in [2.05, 4.69) is 40.0 Å². The van der Waals surface area contributed by atoms with Crippen LogP contribution >= 0.6 is 0 Å². The Morgan fingerprint density at radius 1 is 1.14 bits per heavy atom. The molecule has 2 aromatic heterocycles. The van der Waals surface area contributed by atoms with Crippen LogP contribution in [0.3, 0.4) is 0 Å². The van der Waals surface area contributed by atoms with Crippen molar-refractivity contribution < 1.29 is 14.3 Å². The van der Waals surface area contributed by atoms with E-state index in [9.17, 15) is 4.79 Å². The molecule has 6 nitrogen and oxygen atoms in total. The minimum absolute atomic E-state index is 0.144. The molecule has 154 valence electrons. The third-order valence-electron chi connectivity index (χ3n) is 4.51. The number of hydrogen-bond acceptors (Lipinski definition) is 4. The second-order valence-electron chi connectivity index (χ2n) is 7.95. The minimum atomic E-state index is -0.190. The van der Waals surface area contributed by atoms with Crippen molar-refractivity contribution >= 4 is 16.8 Å². The molecule has 0 saturated heterocycles. The van der Waals surface area contributed by atoms with E-state index in [1.807, 2.05) is 32.9 Å². The molecule has 0 aliphatic heterocycles. The number of aryl methyl sites for hydroxylation is 1. The molecule has 0 saturated carbocycles. The van der Waals surface area contributed by atoms with Crippen LogP contribution in [0.2, 0.25) is 0 Å². The molecule has 3 aromatic rings. The van der Waals surface area contributed by atoms with Crippen LogP contribution in [-0.2, 0) is 11.3 Å². The lowest BCUT2D eigenvalue weighted by atomic mass is 10.2. The van der Waals surface area contributed by atoms with Crippen LogP contribution in [0, 0.1) is 6.92 Å². The molecule has 0 unspecified atom stereocenters. The van der Waals surface area contributed by atoms with Gasteiger partial charge in [0.25, 0.3) is 5.91 Å². The fourth-order valence-electron chi connectivity index (χ4n) is 3.12. The van der Waals surface area contributed by atoms with E-state index >= 15 is 0 Å². The van der Waals surface area contributed by atoms with Gasteiger partial charge in [0, 0.05) is 36.6 Å². The number of carbonyl (C=O) groups is 1. The van der Waals surface area contributed by atoms with Crippen molar-refractivity contribution in [1.29, 1.82) is 0 Å². The van der Waals surface area contributed by atoms with E-state index < -0.39 is 0 Å². The molecular formula is C23H29N3O3. The molecule has 3 rings (SSSR count). The second kappa shape index (κ2) is 9.09. The first-order valence-electron chi connectivity index (χ1n) is 9.89. The highest BCUT2D eigenvalue weighted by atomic mass is 16.5. The molecule has 29 heavy (non-hydrogen) atoms. The second-order valence-corrected chi connectivity index (χ2v) is 7.95. The molecular weight excluding hydrogens is 366 g/mol. The molecule has 1 aromatic carbocycles. The monoisotopic (exact) mass is 395 g/mol. The molecule has 0 aliphatic carbocycles.